The second kappa shape index (κ2) is 7.95. The van der Waals surface area contributed by atoms with Gasteiger partial charge in [0, 0.05) is 0 Å². The van der Waals surface area contributed by atoms with Crippen LogP contribution in [0.1, 0.15) is 11.1 Å². The number of carbonyl (C=O) groups excluding carboxylic acids is 1. The molecule has 6 heteroatoms. The van der Waals surface area contributed by atoms with Crippen LogP contribution in [0.25, 0.3) is 0 Å². The van der Waals surface area contributed by atoms with Crippen LogP contribution in [-0.2, 0) is 22.2 Å². The van der Waals surface area contributed by atoms with Crippen LogP contribution in [0.3, 0.4) is 0 Å². The molecule has 0 spiro atoms. The minimum absolute atomic E-state index is 0.192. The Kier molecular flexibility index (Phi) is 5.64. The van der Waals surface area contributed by atoms with Crippen molar-refractivity contribution in [2.24, 2.45) is 0 Å². The summed E-state index contributed by atoms with van der Waals surface area (Å²) in [4.78, 5) is 14.5. The highest BCUT2D eigenvalue weighted by Crippen LogP contribution is 2.35. The molecule has 2 atom stereocenters. The third-order valence-electron chi connectivity index (χ3n) is 4.37. The predicted molar refractivity (Wildman–Crippen MR) is 107 cm³/mol. The topological polar surface area (TPSA) is 62.6 Å². The molecular formula is C21H24N2O3Si. The Hall–Kier alpha value is -2.62. The van der Waals surface area contributed by atoms with Gasteiger partial charge in [-0.15, -0.1) is 0 Å². The fraction of sp³-hybridized carbons (Fsp3) is 0.333. The summed E-state index contributed by atoms with van der Waals surface area (Å²) >= 11 is 0. The van der Waals surface area contributed by atoms with E-state index >= 15 is 0 Å². The first-order chi connectivity index (χ1) is 12.9. The number of para-hydroxylation sites is 1. The zero-order valence-corrected chi connectivity index (χ0v) is 16.9. The van der Waals surface area contributed by atoms with Gasteiger partial charge in [0.15, 0.2) is 14.4 Å². The molecule has 2 aromatic rings. The van der Waals surface area contributed by atoms with Gasteiger partial charge in [-0.1, -0.05) is 48.5 Å². The molecule has 5 nitrogen and oxygen atoms in total. The zero-order valence-electron chi connectivity index (χ0n) is 15.9. The minimum Gasteiger partial charge on any atom is -0.444 e. The molecule has 3 rings (SSSR count). The number of hydrogen-bond acceptors (Lipinski definition) is 4. The number of amides is 1. The molecule has 0 aliphatic carbocycles. The number of carbonyl (C=O) groups is 1. The van der Waals surface area contributed by atoms with Crippen molar-refractivity contribution in [2.45, 2.75) is 44.8 Å². The smallest absolute Gasteiger partial charge is 0.415 e. The van der Waals surface area contributed by atoms with Crippen LogP contribution in [0.15, 0.2) is 54.6 Å². The van der Waals surface area contributed by atoms with E-state index in [1.54, 1.807) is 4.90 Å². The Morgan fingerprint density at radius 3 is 2.52 bits per heavy atom. The standard InChI is InChI=1S/C21H24N2O3Si/c1-27(2,3)26-20(14-22)19-13-17-11-7-8-12-18(17)23(19)21(24)25-15-16-9-5-4-6-10-16/h4-12,19-20H,13,15H2,1-3H3. The lowest BCUT2D eigenvalue weighted by Crippen LogP contribution is -2.49. The summed E-state index contributed by atoms with van der Waals surface area (Å²) in [5.41, 5.74) is 2.74. The maximum atomic E-state index is 12.9. The molecule has 0 bridgehead atoms. The first kappa shape index (κ1) is 19.1. The lowest BCUT2D eigenvalue weighted by atomic mass is 10.1. The Morgan fingerprint density at radius 2 is 1.85 bits per heavy atom. The van der Waals surface area contributed by atoms with Crippen molar-refractivity contribution in [3.05, 3.63) is 65.7 Å². The van der Waals surface area contributed by atoms with E-state index in [0.29, 0.717) is 6.42 Å². The van der Waals surface area contributed by atoms with Crippen LogP contribution in [0, 0.1) is 11.3 Å². The van der Waals surface area contributed by atoms with E-state index in [2.05, 4.69) is 6.07 Å². The van der Waals surface area contributed by atoms with E-state index < -0.39 is 20.5 Å². The molecule has 0 saturated carbocycles. The van der Waals surface area contributed by atoms with Gasteiger partial charge in [0.05, 0.1) is 17.8 Å². The molecule has 2 aromatic carbocycles. The molecule has 1 aliphatic rings. The summed E-state index contributed by atoms with van der Waals surface area (Å²) in [5, 5.41) is 9.70. The van der Waals surface area contributed by atoms with Crippen LogP contribution < -0.4 is 4.90 Å². The second-order valence-corrected chi connectivity index (χ2v) is 12.1. The number of nitrogens with zero attached hydrogens (tertiary/aromatic N) is 2. The normalized spacial score (nSPS) is 17.1. The van der Waals surface area contributed by atoms with E-state index in [1.807, 2.05) is 74.2 Å². The van der Waals surface area contributed by atoms with Gasteiger partial charge in [0.2, 0.25) is 0 Å². The fourth-order valence-corrected chi connectivity index (χ4v) is 4.22. The number of anilines is 1. The molecule has 0 fully saturated rings. The lowest BCUT2D eigenvalue weighted by Gasteiger charge is -2.31. The van der Waals surface area contributed by atoms with Crippen molar-refractivity contribution < 1.29 is 14.0 Å². The summed E-state index contributed by atoms with van der Waals surface area (Å²) in [6, 6.07) is 19.1. The summed E-state index contributed by atoms with van der Waals surface area (Å²) in [6.45, 7) is 6.31. The third-order valence-corrected chi connectivity index (χ3v) is 5.33. The van der Waals surface area contributed by atoms with E-state index in [-0.39, 0.29) is 12.6 Å². The molecule has 1 aliphatic heterocycles. The maximum Gasteiger partial charge on any atom is 0.415 e. The largest absolute Gasteiger partial charge is 0.444 e. The Balaban J connectivity index is 1.83. The van der Waals surface area contributed by atoms with Crippen molar-refractivity contribution >= 4 is 20.1 Å². The SMILES string of the molecule is C[Si](C)(C)OC(C#N)C1Cc2ccccc2N1C(=O)OCc1ccccc1. The summed E-state index contributed by atoms with van der Waals surface area (Å²) in [5.74, 6) is 0. The summed E-state index contributed by atoms with van der Waals surface area (Å²) < 4.78 is 11.6. The average molecular weight is 381 g/mol. The fourth-order valence-electron chi connectivity index (χ4n) is 3.25. The monoisotopic (exact) mass is 380 g/mol. The molecule has 0 aromatic heterocycles. The van der Waals surface area contributed by atoms with Gasteiger partial charge in [0.25, 0.3) is 0 Å². The lowest BCUT2D eigenvalue weighted by molar-refractivity contribution is 0.137. The van der Waals surface area contributed by atoms with Crippen LogP contribution in [0.5, 0.6) is 0 Å². The molecule has 1 heterocycles. The maximum absolute atomic E-state index is 12.9. The first-order valence-electron chi connectivity index (χ1n) is 9.04. The molecule has 0 saturated heterocycles. The highest BCUT2D eigenvalue weighted by atomic mass is 28.4. The van der Waals surface area contributed by atoms with Gasteiger partial charge < -0.3 is 9.16 Å². The molecule has 0 radical (unpaired) electrons. The average Bonchev–Trinajstić information content (AvgIpc) is 3.03. The van der Waals surface area contributed by atoms with Crippen molar-refractivity contribution in [3.63, 3.8) is 0 Å². The molecule has 2 unspecified atom stereocenters. The number of hydrogen-bond donors (Lipinski definition) is 0. The van der Waals surface area contributed by atoms with Crippen LogP contribution in [0.2, 0.25) is 19.6 Å². The predicted octanol–water partition coefficient (Wildman–Crippen LogP) is 4.50. The van der Waals surface area contributed by atoms with Crippen LogP contribution in [0.4, 0.5) is 10.5 Å². The van der Waals surface area contributed by atoms with Gasteiger partial charge in [-0.25, -0.2) is 4.79 Å². The van der Waals surface area contributed by atoms with E-state index in [0.717, 1.165) is 16.8 Å². The molecular weight excluding hydrogens is 356 g/mol. The molecule has 27 heavy (non-hydrogen) atoms. The quantitative estimate of drug-likeness (QED) is 0.717. The van der Waals surface area contributed by atoms with Crippen molar-refractivity contribution in [3.8, 4) is 6.07 Å². The molecule has 1 amide bonds. The number of fused-ring (bicyclic) bond motifs is 1. The highest BCUT2D eigenvalue weighted by Gasteiger charge is 2.41. The van der Waals surface area contributed by atoms with Gasteiger partial charge in [0.1, 0.15) is 6.61 Å². The van der Waals surface area contributed by atoms with Gasteiger partial charge >= 0.3 is 6.09 Å². The van der Waals surface area contributed by atoms with Crippen molar-refractivity contribution in [1.29, 1.82) is 5.26 Å². The second-order valence-electron chi connectivity index (χ2n) is 7.59. The minimum atomic E-state index is -1.95. The van der Waals surface area contributed by atoms with Crippen LogP contribution in [-0.4, -0.2) is 26.6 Å². The Morgan fingerprint density at radius 1 is 1.19 bits per heavy atom. The summed E-state index contributed by atoms with van der Waals surface area (Å²) in [6.07, 6.45) is -0.555. The highest BCUT2D eigenvalue weighted by molar-refractivity contribution is 6.69. The number of rotatable bonds is 5. The van der Waals surface area contributed by atoms with Crippen LogP contribution >= 0.6 is 0 Å². The van der Waals surface area contributed by atoms with E-state index in [1.165, 1.54) is 0 Å². The molecule has 140 valence electrons. The van der Waals surface area contributed by atoms with E-state index in [9.17, 15) is 10.1 Å². The zero-order chi connectivity index (χ0) is 19.4. The van der Waals surface area contributed by atoms with Crippen molar-refractivity contribution in [1.82, 2.24) is 0 Å². The number of ether oxygens (including phenoxy) is 1. The van der Waals surface area contributed by atoms with Gasteiger partial charge in [-0.2, -0.15) is 5.26 Å². The summed E-state index contributed by atoms with van der Waals surface area (Å²) in [7, 11) is -1.95. The number of nitriles is 1. The number of benzene rings is 2. The molecule has 0 N–H and O–H groups in total. The van der Waals surface area contributed by atoms with Crippen molar-refractivity contribution in [2.75, 3.05) is 4.90 Å². The van der Waals surface area contributed by atoms with Gasteiger partial charge in [-0.05, 0) is 43.3 Å². The Labute approximate surface area is 161 Å². The first-order valence-corrected chi connectivity index (χ1v) is 12.4. The Bertz CT molecular complexity index is 842. The van der Waals surface area contributed by atoms with Gasteiger partial charge in [-0.3, -0.25) is 4.90 Å². The third kappa shape index (κ3) is 4.56. The van der Waals surface area contributed by atoms with E-state index in [4.69, 9.17) is 9.16 Å².